The highest BCUT2D eigenvalue weighted by molar-refractivity contribution is 7.99. The van der Waals surface area contributed by atoms with Gasteiger partial charge in [0.2, 0.25) is 5.79 Å². The van der Waals surface area contributed by atoms with E-state index in [1.165, 1.54) is 26.3 Å². The van der Waals surface area contributed by atoms with E-state index in [2.05, 4.69) is 30.8 Å². The van der Waals surface area contributed by atoms with E-state index in [1.807, 2.05) is 0 Å². The number of methoxy groups -OCH3 is 1. The van der Waals surface area contributed by atoms with Gasteiger partial charge >= 0.3 is 19.4 Å². The first-order valence-corrected chi connectivity index (χ1v) is 15.1. The van der Waals surface area contributed by atoms with E-state index in [-0.39, 0.29) is 17.8 Å². The van der Waals surface area contributed by atoms with Crippen molar-refractivity contribution in [1.82, 2.24) is 14.6 Å². The fraction of sp³-hybridized carbons (Fsp3) is 0.783. The van der Waals surface area contributed by atoms with Crippen LogP contribution in [0, 0.1) is 5.41 Å². The number of nitrogens with zero attached hydrogens (tertiary/aromatic N) is 2. The van der Waals surface area contributed by atoms with E-state index >= 15 is 0 Å². The number of nitrogen functional groups attached to an aromatic ring is 1. The van der Waals surface area contributed by atoms with E-state index in [0.717, 1.165) is 10.3 Å². The maximum Gasteiger partial charge on any atom is 0.406 e. The van der Waals surface area contributed by atoms with E-state index in [4.69, 9.17) is 29.0 Å². The largest absolute Gasteiger partial charge is 0.462 e. The lowest BCUT2D eigenvalue weighted by molar-refractivity contribution is -0.267. The summed E-state index contributed by atoms with van der Waals surface area (Å²) in [5.74, 6) is -1.46. The number of hydrogen-bond acceptors (Lipinski definition) is 13. The first-order chi connectivity index (χ1) is 18.0. The van der Waals surface area contributed by atoms with Crippen molar-refractivity contribution in [2.45, 2.75) is 77.9 Å². The van der Waals surface area contributed by atoms with Crippen molar-refractivity contribution < 1.29 is 42.8 Å². The number of aliphatic hydroxyl groups excluding tert-OH is 2. The minimum Gasteiger partial charge on any atom is -0.462 e. The average molecular weight is 597 g/mol. The molecule has 14 nitrogen and oxygen atoms in total. The monoisotopic (exact) mass is 596 g/mol. The molecule has 1 aromatic heterocycles. The van der Waals surface area contributed by atoms with Gasteiger partial charge in [0.15, 0.2) is 6.23 Å². The summed E-state index contributed by atoms with van der Waals surface area (Å²) in [6, 6.07) is 0.236. The molecule has 6 atom stereocenters. The molecule has 16 heteroatoms. The second-order valence-corrected chi connectivity index (χ2v) is 13.4. The molecule has 0 amide bonds. The van der Waals surface area contributed by atoms with Crippen molar-refractivity contribution in [1.29, 1.82) is 0 Å². The molecule has 1 aliphatic rings. The molecular formula is C23H41N4O10PS. The predicted octanol–water partition coefficient (Wildman–Crippen LogP) is 1.27. The predicted molar refractivity (Wildman–Crippen MR) is 145 cm³/mol. The minimum atomic E-state index is -4.23. The maximum atomic E-state index is 13.7. The van der Waals surface area contributed by atoms with Crippen molar-refractivity contribution in [3.8, 4) is 0 Å². The summed E-state index contributed by atoms with van der Waals surface area (Å²) in [5, 5.41) is 24.0. The van der Waals surface area contributed by atoms with Crippen molar-refractivity contribution in [3.63, 3.8) is 0 Å². The summed E-state index contributed by atoms with van der Waals surface area (Å²) in [7, 11) is -3.05. The third-order valence-electron chi connectivity index (χ3n) is 5.37. The van der Waals surface area contributed by atoms with Crippen LogP contribution < -0.4 is 16.5 Å². The summed E-state index contributed by atoms with van der Waals surface area (Å²) in [6.07, 6.45) is -3.98. The normalized spacial score (nSPS) is 25.9. The van der Waals surface area contributed by atoms with Crippen LogP contribution in [0.3, 0.4) is 0 Å². The molecule has 0 aliphatic carbocycles. The molecule has 0 aromatic carbocycles. The molecule has 0 spiro atoms. The van der Waals surface area contributed by atoms with Crippen LogP contribution >= 0.6 is 19.5 Å². The van der Waals surface area contributed by atoms with Crippen LogP contribution in [0.1, 0.15) is 47.8 Å². The van der Waals surface area contributed by atoms with Gasteiger partial charge in [-0.15, -0.1) is 0 Å². The SMILES string of the molecule is COC1(COP(=O)(NC(C)C(=O)OC(C)C)OCCSCC(C)(C)C)OC(n2ccc(N)nc2=O)C(O)C1O. The number of nitrogens with one attached hydrogen (secondary N) is 1. The van der Waals surface area contributed by atoms with Crippen LogP contribution in [0.15, 0.2) is 17.1 Å². The van der Waals surface area contributed by atoms with Crippen LogP contribution in [0.4, 0.5) is 5.82 Å². The number of carbonyl (C=O) groups excluding carboxylic acids is 1. The fourth-order valence-corrected chi connectivity index (χ4v) is 6.02. The number of ether oxygens (including phenoxy) is 3. The van der Waals surface area contributed by atoms with Gasteiger partial charge in [0.25, 0.3) is 0 Å². The molecule has 0 saturated carbocycles. The molecule has 0 radical (unpaired) electrons. The Morgan fingerprint density at radius 1 is 1.33 bits per heavy atom. The molecule has 39 heavy (non-hydrogen) atoms. The number of aliphatic hydroxyl groups is 2. The van der Waals surface area contributed by atoms with Gasteiger partial charge in [0.1, 0.15) is 30.7 Å². The van der Waals surface area contributed by atoms with E-state index in [1.54, 1.807) is 25.6 Å². The Labute approximate surface area is 232 Å². The van der Waals surface area contributed by atoms with Crippen molar-refractivity contribution in [2.24, 2.45) is 5.41 Å². The Morgan fingerprint density at radius 2 is 2.00 bits per heavy atom. The van der Waals surface area contributed by atoms with Crippen molar-refractivity contribution in [3.05, 3.63) is 22.7 Å². The number of rotatable bonds is 14. The number of hydrogen-bond donors (Lipinski definition) is 4. The van der Waals surface area contributed by atoms with Crippen molar-refractivity contribution >= 4 is 31.3 Å². The van der Waals surface area contributed by atoms with Gasteiger partial charge < -0.3 is 30.2 Å². The fourth-order valence-electron chi connectivity index (χ4n) is 3.45. The highest BCUT2D eigenvalue weighted by Crippen LogP contribution is 2.48. The highest BCUT2D eigenvalue weighted by atomic mass is 32.2. The van der Waals surface area contributed by atoms with Gasteiger partial charge in [0.05, 0.1) is 12.7 Å². The summed E-state index contributed by atoms with van der Waals surface area (Å²) in [5.41, 5.74) is 4.77. The Bertz CT molecular complexity index is 1070. The van der Waals surface area contributed by atoms with Gasteiger partial charge in [-0.05, 0) is 38.0 Å². The zero-order chi connectivity index (χ0) is 29.6. The highest BCUT2D eigenvalue weighted by Gasteiger charge is 2.57. The Hall–Kier alpha value is -1.55. The molecule has 5 N–H and O–H groups in total. The number of carbonyl (C=O) groups is 1. The lowest BCUT2D eigenvalue weighted by Gasteiger charge is -2.32. The number of nitrogens with two attached hydrogens (primary N) is 1. The summed E-state index contributed by atoms with van der Waals surface area (Å²) in [6.45, 7) is 10.4. The van der Waals surface area contributed by atoms with Gasteiger partial charge in [-0.2, -0.15) is 16.7 Å². The average Bonchev–Trinajstić information content (AvgIpc) is 3.07. The Balaban J connectivity index is 2.21. The van der Waals surface area contributed by atoms with Gasteiger partial charge in [-0.1, -0.05) is 20.8 Å². The first kappa shape index (κ1) is 33.7. The van der Waals surface area contributed by atoms with Gasteiger partial charge in [0, 0.05) is 19.1 Å². The van der Waals surface area contributed by atoms with Crippen LogP contribution in [0.25, 0.3) is 0 Å². The Morgan fingerprint density at radius 3 is 2.56 bits per heavy atom. The van der Waals surface area contributed by atoms with Crippen LogP contribution in [-0.4, -0.2) is 87.7 Å². The van der Waals surface area contributed by atoms with Crippen LogP contribution in [0.5, 0.6) is 0 Å². The molecule has 2 heterocycles. The zero-order valence-electron chi connectivity index (χ0n) is 23.4. The second kappa shape index (κ2) is 13.9. The molecule has 1 saturated heterocycles. The van der Waals surface area contributed by atoms with E-state index in [9.17, 15) is 24.4 Å². The molecule has 1 aromatic rings. The minimum absolute atomic E-state index is 0.0120. The molecule has 2 rings (SSSR count). The molecule has 6 unspecified atom stereocenters. The standard InChI is InChI=1S/C23H41N4O10PS/c1-14(2)36-20(30)15(3)26-38(32,34-10-11-39-13-22(4,5)6)35-12-23(33-7)18(29)17(28)19(37-23)27-9-8-16(24)25-21(27)31/h8-9,14-15,17-19,28-29H,10-13H2,1-7H3,(H,26,32)(H2,24,25,31). The number of aromatic nitrogens is 2. The number of thioether (sulfide) groups is 1. The molecule has 1 fully saturated rings. The summed E-state index contributed by atoms with van der Waals surface area (Å²) >= 11 is 1.59. The second-order valence-electron chi connectivity index (χ2n) is 10.6. The lowest BCUT2D eigenvalue weighted by Crippen LogP contribution is -2.49. The van der Waals surface area contributed by atoms with Gasteiger partial charge in [-0.3, -0.25) is 18.4 Å². The van der Waals surface area contributed by atoms with Gasteiger partial charge in [-0.25, -0.2) is 14.4 Å². The third kappa shape index (κ3) is 9.51. The molecule has 1 aliphatic heterocycles. The number of esters is 1. The maximum absolute atomic E-state index is 13.7. The smallest absolute Gasteiger partial charge is 0.406 e. The lowest BCUT2D eigenvalue weighted by atomic mass is 10.0. The third-order valence-corrected chi connectivity index (χ3v) is 8.60. The quantitative estimate of drug-likeness (QED) is 0.136. The van der Waals surface area contributed by atoms with E-state index < -0.39 is 62.4 Å². The summed E-state index contributed by atoms with van der Waals surface area (Å²) < 4.78 is 42.1. The van der Waals surface area contributed by atoms with Crippen LogP contribution in [-0.2, 0) is 32.6 Å². The topological polar surface area (TPSA) is 194 Å². The zero-order valence-corrected chi connectivity index (χ0v) is 25.1. The molecule has 224 valence electrons. The summed E-state index contributed by atoms with van der Waals surface area (Å²) in [4.78, 5) is 28.2. The van der Waals surface area contributed by atoms with E-state index in [0.29, 0.717) is 5.75 Å². The Kier molecular flexibility index (Phi) is 12.0. The molecular weight excluding hydrogens is 555 g/mol. The van der Waals surface area contributed by atoms with Crippen molar-refractivity contribution in [2.75, 3.05) is 37.6 Å². The number of anilines is 1. The molecule has 0 bridgehead atoms. The first-order valence-electron chi connectivity index (χ1n) is 12.4. The van der Waals surface area contributed by atoms with Crippen LogP contribution in [0.2, 0.25) is 0 Å².